The molecule has 5 heteroatoms. The molecule has 2 rings (SSSR count). The van der Waals surface area contributed by atoms with E-state index < -0.39 is 15.8 Å². The summed E-state index contributed by atoms with van der Waals surface area (Å²) in [6, 6.07) is 10.8. The van der Waals surface area contributed by atoms with Crippen LogP contribution in [0.1, 0.15) is 18.1 Å². The van der Waals surface area contributed by atoms with Crippen molar-refractivity contribution in [3.63, 3.8) is 0 Å². The lowest BCUT2D eigenvalue weighted by Gasteiger charge is -2.10. The molecule has 0 saturated heterocycles. The fourth-order valence-corrected chi connectivity index (χ4v) is 3.22. The smallest absolute Gasteiger partial charge is 0.262 e. The van der Waals surface area contributed by atoms with Gasteiger partial charge in [0.25, 0.3) is 10.0 Å². The monoisotopic (exact) mass is 293 g/mol. The van der Waals surface area contributed by atoms with Crippen molar-refractivity contribution < 1.29 is 12.8 Å². The zero-order valence-electron chi connectivity index (χ0n) is 11.4. The molecule has 0 atom stereocenters. The minimum absolute atomic E-state index is 0.0819. The highest BCUT2D eigenvalue weighted by Gasteiger charge is 2.17. The van der Waals surface area contributed by atoms with Crippen LogP contribution >= 0.6 is 0 Å². The van der Waals surface area contributed by atoms with Gasteiger partial charge in [0, 0.05) is 5.69 Å². The van der Waals surface area contributed by atoms with Gasteiger partial charge in [0.1, 0.15) is 5.82 Å². The Morgan fingerprint density at radius 2 is 1.75 bits per heavy atom. The fourth-order valence-electron chi connectivity index (χ4n) is 1.93. The lowest BCUT2D eigenvalue weighted by molar-refractivity contribution is 0.598. The Balaban J connectivity index is 2.30. The number of sulfonamides is 1. The van der Waals surface area contributed by atoms with Crippen molar-refractivity contribution in [3.8, 4) is 0 Å². The summed E-state index contributed by atoms with van der Waals surface area (Å²) in [5.74, 6) is -0.450. The third-order valence-corrected chi connectivity index (χ3v) is 4.58. The lowest BCUT2D eigenvalue weighted by atomic mass is 10.2. The van der Waals surface area contributed by atoms with Crippen LogP contribution in [0.3, 0.4) is 0 Å². The third-order valence-electron chi connectivity index (χ3n) is 3.04. The summed E-state index contributed by atoms with van der Waals surface area (Å²) in [4.78, 5) is 0.0819. The SMILES string of the molecule is CCc1ccc(NS(=O)(=O)c2ccc(F)cc2C)cc1. The number of aryl methyl sites for hydroxylation is 2. The van der Waals surface area contributed by atoms with E-state index in [9.17, 15) is 12.8 Å². The molecule has 0 saturated carbocycles. The molecule has 0 heterocycles. The highest BCUT2D eigenvalue weighted by molar-refractivity contribution is 7.92. The van der Waals surface area contributed by atoms with E-state index in [0.29, 0.717) is 11.3 Å². The van der Waals surface area contributed by atoms with Gasteiger partial charge in [-0.15, -0.1) is 0 Å². The van der Waals surface area contributed by atoms with Crippen LogP contribution in [0.4, 0.5) is 10.1 Å². The summed E-state index contributed by atoms with van der Waals surface area (Å²) < 4.78 is 40.0. The van der Waals surface area contributed by atoms with Crippen molar-refractivity contribution in [1.82, 2.24) is 0 Å². The maximum Gasteiger partial charge on any atom is 0.262 e. The second-order valence-corrected chi connectivity index (χ2v) is 6.22. The minimum atomic E-state index is -3.70. The molecular weight excluding hydrogens is 277 g/mol. The van der Waals surface area contributed by atoms with E-state index in [4.69, 9.17) is 0 Å². The molecule has 0 aliphatic heterocycles. The molecule has 0 unspecified atom stereocenters. The molecular formula is C15H16FNO2S. The molecule has 106 valence electrons. The number of nitrogens with one attached hydrogen (secondary N) is 1. The molecule has 0 bridgehead atoms. The number of benzene rings is 2. The number of hydrogen-bond donors (Lipinski definition) is 1. The molecule has 0 radical (unpaired) electrons. The van der Waals surface area contributed by atoms with Gasteiger partial charge in [-0.05, 0) is 54.8 Å². The first-order valence-corrected chi connectivity index (χ1v) is 7.78. The highest BCUT2D eigenvalue weighted by atomic mass is 32.2. The van der Waals surface area contributed by atoms with Gasteiger partial charge in [0.15, 0.2) is 0 Å². The largest absolute Gasteiger partial charge is 0.280 e. The summed E-state index contributed by atoms with van der Waals surface area (Å²) in [7, 11) is -3.70. The quantitative estimate of drug-likeness (QED) is 0.938. The van der Waals surface area contributed by atoms with Crippen LogP contribution < -0.4 is 4.72 Å². The average molecular weight is 293 g/mol. The Hall–Kier alpha value is -1.88. The molecule has 0 aliphatic carbocycles. The van der Waals surface area contributed by atoms with Crippen LogP contribution in [0.2, 0.25) is 0 Å². The fraction of sp³-hybridized carbons (Fsp3) is 0.200. The molecule has 0 aliphatic rings. The van der Waals surface area contributed by atoms with Crippen molar-refractivity contribution in [2.45, 2.75) is 25.2 Å². The van der Waals surface area contributed by atoms with Gasteiger partial charge in [0.2, 0.25) is 0 Å². The van der Waals surface area contributed by atoms with Crippen molar-refractivity contribution in [2.24, 2.45) is 0 Å². The number of anilines is 1. The van der Waals surface area contributed by atoms with E-state index >= 15 is 0 Å². The standard InChI is InChI=1S/C15H16FNO2S/c1-3-12-4-7-14(8-5-12)17-20(18,19)15-9-6-13(16)10-11(15)2/h4-10,17H,3H2,1-2H3. The Kier molecular flexibility index (Phi) is 4.09. The van der Waals surface area contributed by atoms with Crippen molar-refractivity contribution >= 4 is 15.7 Å². The van der Waals surface area contributed by atoms with Gasteiger partial charge < -0.3 is 0 Å². The van der Waals surface area contributed by atoms with E-state index in [0.717, 1.165) is 18.1 Å². The maximum atomic E-state index is 13.0. The topological polar surface area (TPSA) is 46.2 Å². The van der Waals surface area contributed by atoms with E-state index in [2.05, 4.69) is 4.72 Å². The molecule has 0 spiro atoms. The number of rotatable bonds is 4. The molecule has 2 aromatic carbocycles. The second-order valence-electron chi connectivity index (χ2n) is 4.57. The predicted octanol–water partition coefficient (Wildman–Crippen LogP) is 3.50. The Morgan fingerprint density at radius 1 is 1.10 bits per heavy atom. The summed E-state index contributed by atoms with van der Waals surface area (Å²) in [5.41, 5.74) is 2.00. The third kappa shape index (κ3) is 3.17. The summed E-state index contributed by atoms with van der Waals surface area (Å²) in [5, 5.41) is 0. The molecule has 0 fully saturated rings. The first kappa shape index (κ1) is 14.5. The van der Waals surface area contributed by atoms with Crippen LogP contribution in [0.15, 0.2) is 47.4 Å². The van der Waals surface area contributed by atoms with Gasteiger partial charge in [-0.3, -0.25) is 4.72 Å². The van der Waals surface area contributed by atoms with Crippen molar-refractivity contribution in [3.05, 3.63) is 59.4 Å². The molecule has 3 nitrogen and oxygen atoms in total. The molecule has 1 N–H and O–H groups in total. The Morgan fingerprint density at radius 3 is 2.30 bits per heavy atom. The van der Waals surface area contributed by atoms with Crippen LogP contribution in [-0.2, 0) is 16.4 Å². The van der Waals surface area contributed by atoms with Crippen LogP contribution in [0.25, 0.3) is 0 Å². The highest BCUT2D eigenvalue weighted by Crippen LogP contribution is 2.20. The van der Waals surface area contributed by atoms with E-state index in [-0.39, 0.29) is 4.90 Å². The van der Waals surface area contributed by atoms with Crippen LogP contribution in [0.5, 0.6) is 0 Å². The van der Waals surface area contributed by atoms with Gasteiger partial charge in [-0.2, -0.15) is 0 Å². The summed E-state index contributed by atoms with van der Waals surface area (Å²) in [6.07, 6.45) is 0.893. The molecule has 2 aromatic rings. The summed E-state index contributed by atoms with van der Waals surface area (Å²) in [6.45, 7) is 3.60. The normalized spacial score (nSPS) is 11.3. The molecule has 20 heavy (non-hydrogen) atoms. The average Bonchev–Trinajstić information content (AvgIpc) is 2.38. The van der Waals surface area contributed by atoms with Crippen LogP contribution in [-0.4, -0.2) is 8.42 Å². The maximum absolute atomic E-state index is 13.0. The molecule has 0 amide bonds. The lowest BCUT2D eigenvalue weighted by Crippen LogP contribution is -2.14. The zero-order valence-corrected chi connectivity index (χ0v) is 12.2. The van der Waals surface area contributed by atoms with Crippen LogP contribution in [0, 0.1) is 12.7 Å². The van der Waals surface area contributed by atoms with Crippen molar-refractivity contribution in [1.29, 1.82) is 0 Å². The predicted molar refractivity (Wildman–Crippen MR) is 77.8 cm³/mol. The van der Waals surface area contributed by atoms with E-state index in [1.54, 1.807) is 19.1 Å². The number of hydrogen-bond acceptors (Lipinski definition) is 2. The number of halogens is 1. The molecule has 0 aromatic heterocycles. The van der Waals surface area contributed by atoms with Gasteiger partial charge in [0.05, 0.1) is 4.90 Å². The Bertz CT molecular complexity index is 709. The summed E-state index contributed by atoms with van der Waals surface area (Å²) >= 11 is 0. The minimum Gasteiger partial charge on any atom is -0.280 e. The van der Waals surface area contributed by atoms with E-state index in [1.165, 1.54) is 12.1 Å². The Labute approximate surface area is 118 Å². The second kappa shape index (κ2) is 5.63. The zero-order chi connectivity index (χ0) is 14.8. The van der Waals surface area contributed by atoms with E-state index in [1.807, 2.05) is 19.1 Å². The van der Waals surface area contributed by atoms with Gasteiger partial charge >= 0.3 is 0 Å². The van der Waals surface area contributed by atoms with Gasteiger partial charge in [-0.25, -0.2) is 12.8 Å². The first-order valence-electron chi connectivity index (χ1n) is 6.30. The first-order chi connectivity index (χ1) is 9.42. The van der Waals surface area contributed by atoms with Crippen molar-refractivity contribution in [2.75, 3.05) is 4.72 Å². The van der Waals surface area contributed by atoms with Gasteiger partial charge in [-0.1, -0.05) is 19.1 Å².